The predicted molar refractivity (Wildman–Crippen MR) is 294 cm³/mol. The van der Waals surface area contributed by atoms with Crippen molar-refractivity contribution in [2.75, 3.05) is 14.2 Å². The number of aryl methyl sites for hydroxylation is 4. The fourth-order valence-electron chi connectivity index (χ4n) is 7.71. The summed E-state index contributed by atoms with van der Waals surface area (Å²) in [6, 6.07) is 12.4. The van der Waals surface area contributed by atoms with Gasteiger partial charge in [-0.3, -0.25) is 19.1 Å². The van der Waals surface area contributed by atoms with Crippen LogP contribution in [-0.4, -0.2) is 135 Å². The molecule has 0 aliphatic carbocycles. The van der Waals surface area contributed by atoms with Crippen molar-refractivity contribution in [1.82, 2.24) is 59.4 Å². The number of sulfone groups is 2. The molecule has 2 aromatic carbocycles. The minimum Gasteiger partial charge on any atom is -0.494 e. The van der Waals surface area contributed by atoms with Gasteiger partial charge in [-0.25, -0.2) is 55.1 Å². The zero-order valence-electron chi connectivity index (χ0n) is 47.3. The van der Waals surface area contributed by atoms with E-state index >= 15 is 8.78 Å². The summed E-state index contributed by atoms with van der Waals surface area (Å²) < 4.78 is 162. The number of para-hydroxylation sites is 2. The molecule has 6 heterocycles. The lowest BCUT2D eigenvalue weighted by atomic mass is 10.1. The van der Waals surface area contributed by atoms with Crippen LogP contribution in [0, 0.1) is 39.3 Å². The van der Waals surface area contributed by atoms with Crippen LogP contribution in [0.15, 0.2) is 98.1 Å². The van der Waals surface area contributed by atoms with Gasteiger partial charge in [0.1, 0.15) is 46.0 Å². The van der Waals surface area contributed by atoms with Crippen molar-refractivity contribution in [3.63, 3.8) is 0 Å². The predicted octanol–water partition coefficient (Wildman–Crippen LogP) is 9.25. The number of pyridine rings is 2. The topological polar surface area (TPSA) is 300 Å². The van der Waals surface area contributed by atoms with Crippen molar-refractivity contribution < 1.29 is 81.2 Å². The molecule has 0 aliphatic rings. The summed E-state index contributed by atoms with van der Waals surface area (Å²) in [6.07, 6.45) is 2.94. The van der Waals surface area contributed by atoms with Gasteiger partial charge in [-0.1, -0.05) is 26.0 Å². The Balaban J connectivity index is 0.000000257. The summed E-state index contributed by atoms with van der Waals surface area (Å²) in [4.78, 5) is 43.3. The highest BCUT2D eigenvalue weighted by Gasteiger charge is 2.39. The number of carboxylic acid groups (broad SMARTS) is 2. The first-order valence-electron chi connectivity index (χ1n) is 25.1. The van der Waals surface area contributed by atoms with Crippen LogP contribution in [0.4, 0.5) is 35.1 Å². The average Bonchev–Trinajstić information content (AvgIpc) is 1.70. The summed E-state index contributed by atoms with van der Waals surface area (Å²) in [6.45, 7) is 14.2. The number of aliphatic carboxylic acids is 2. The number of hydrogen-bond donors (Lipinski definition) is 2. The summed E-state index contributed by atoms with van der Waals surface area (Å²) in [5, 5.41) is 29.4. The Morgan fingerprint density at radius 2 is 0.837 bits per heavy atom. The van der Waals surface area contributed by atoms with E-state index in [9.17, 15) is 43.2 Å². The number of hydrogen-bond acceptors (Lipinski definition) is 18. The number of carboxylic acids is 2. The van der Waals surface area contributed by atoms with Gasteiger partial charge in [-0.15, -0.1) is 20.4 Å². The zero-order valence-corrected chi connectivity index (χ0v) is 49.0. The van der Waals surface area contributed by atoms with Gasteiger partial charge in [0.05, 0.1) is 24.7 Å². The Morgan fingerprint density at radius 3 is 1.12 bits per heavy atom. The summed E-state index contributed by atoms with van der Waals surface area (Å²) in [7, 11) is -4.76. The minimum absolute atomic E-state index is 0.0225. The number of halogens is 8. The minimum atomic E-state index is -5.08. The van der Waals surface area contributed by atoms with E-state index in [-0.39, 0.29) is 46.2 Å². The largest absolute Gasteiger partial charge is 0.494 e. The van der Waals surface area contributed by atoms with Gasteiger partial charge in [0.25, 0.3) is 0 Å². The van der Waals surface area contributed by atoms with E-state index in [1.165, 1.54) is 47.6 Å². The molecule has 4 atom stereocenters. The van der Waals surface area contributed by atoms with Crippen LogP contribution in [0.3, 0.4) is 0 Å². The van der Waals surface area contributed by atoms with Gasteiger partial charge in [0, 0.05) is 72.5 Å². The number of benzene rings is 2. The first kappa shape index (κ1) is 67.8. The molecule has 460 valence electrons. The summed E-state index contributed by atoms with van der Waals surface area (Å²) >= 11 is 0. The molecule has 0 bridgehead atoms. The van der Waals surface area contributed by atoms with Gasteiger partial charge < -0.3 is 19.7 Å². The molecule has 32 heteroatoms. The van der Waals surface area contributed by atoms with Crippen LogP contribution in [0.5, 0.6) is 11.5 Å². The van der Waals surface area contributed by atoms with Crippen molar-refractivity contribution in [3.8, 4) is 45.6 Å². The molecule has 0 radical (unpaired) electrons. The van der Waals surface area contributed by atoms with Crippen molar-refractivity contribution >= 4 is 31.6 Å². The van der Waals surface area contributed by atoms with Gasteiger partial charge >= 0.3 is 24.3 Å². The van der Waals surface area contributed by atoms with Crippen molar-refractivity contribution in [1.29, 1.82) is 0 Å². The van der Waals surface area contributed by atoms with E-state index < -0.39 is 89.4 Å². The molecule has 0 amide bonds. The monoisotopic (exact) mass is 1250 g/mol. The number of alkyl halides is 6. The van der Waals surface area contributed by atoms with Gasteiger partial charge in [0.2, 0.25) is 0 Å². The van der Waals surface area contributed by atoms with E-state index in [1.54, 1.807) is 89.4 Å². The maximum Gasteiger partial charge on any atom is 0.490 e. The average molecular weight is 1250 g/mol. The Morgan fingerprint density at radius 1 is 0.523 bits per heavy atom. The Labute approximate surface area is 487 Å². The van der Waals surface area contributed by atoms with E-state index in [0.717, 1.165) is 22.3 Å². The molecule has 2 N–H and O–H groups in total. The van der Waals surface area contributed by atoms with Crippen LogP contribution in [-0.2, 0) is 40.8 Å². The quantitative estimate of drug-likeness (QED) is 0.0851. The molecule has 0 spiro atoms. The Bertz CT molecular complexity index is 3640. The lowest BCUT2D eigenvalue weighted by Crippen LogP contribution is -2.27. The van der Waals surface area contributed by atoms with Crippen molar-refractivity contribution in [2.24, 2.45) is 0 Å². The number of carbonyl (C=O) groups is 2. The molecule has 8 rings (SSSR count). The highest BCUT2D eigenvalue weighted by Crippen LogP contribution is 2.35. The fourth-order valence-corrected chi connectivity index (χ4v) is 10.8. The third-order valence-electron chi connectivity index (χ3n) is 12.6. The van der Waals surface area contributed by atoms with Gasteiger partial charge in [-0.05, 0) is 100 Å². The lowest BCUT2D eigenvalue weighted by molar-refractivity contribution is -0.193. The highest BCUT2D eigenvalue weighted by molar-refractivity contribution is 7.91. The van der Waals surface area contributed by atoms with Gasteiger partial charge in [0.15, 0.2) is 54.6 Å². The second-order valence-electron chi connectivity index (χ2n) is 19.1. The molecule has 6 aromatic heterocycles. The maximum atomic E-state index is 15.2. The van der Waals surface area contributed by atoms with Crippen LogP contribution in [0.25, 0.3) is 34.2 Å². The second-order valence-corrected chi connectivity index (χ2v) is 23.8. The number of rotatable bonds is 16. The number of aromatic nitrogens is 12. The number of nitrogens with zero attached hydrogens (tertiary/aromatic N) is 12. The third-order valence-corrected chi connectivity index (χ3v) is 17.0. The lowest BCUT2D eigenvalue weighted by Gasteiger charge is -2.20. The van der Waals surface area contributed by atoms with Crippen LogP contribution in [0.1, 0.15) is 85.1 Å². The highest BCUT2D eigenvalue weighted by atomic mass is 32.2. The molecule has 22 nitrogen and oxygen atoms in total. The van der Waals surface area contributed by atoms with Crippen molar-refractivity contribution in [3.05, 3.63) is 155 Å². The molecule has 0 fully saturated rings. The smallest absolute Gasteiger partial charge is 0.490 e. The maximum absolute atomic E-state index is 15.2. The molecule has 0 saturated heterocycles. The molecular formula is C54H56F8N12O10S2. The summed E-state index contributed by atoms with van der Waals surface area (Å²) in [5.41, 5.74) is 4.65. The van der Waals surface area contributed by atoms with Crippen LogP contribution < -0.4 is 9.47 Å². The molecule has 0 unspecified atom stereocenters. The number of methoxy groups -OCH3 is 2. The van der Waals surface area contributed by atoms with Gasteiger partial charge in [-0.2, -0.15) is 26.3 Å². The molecule has 86 heavy (non-hydrogen) atoms. The summed E-state index contributed by atoms with van der Waals surface area (Å²) in [5.74, 6) is -6.74. The number of ether oxygens (including phenoxy) is 2. The molecular weight excluding hydrogens is 1190 g/mol. The van der Waals surface area contributed by atoms with Crippen molar-refractivity contribution in [2.45, 2.75) is 102 Å². The van der Waals surface area contributed by atoms with E-state index in [0.29, 0.717) is 22.8 Å². The van der Waals surface area contributed by atoms with Crippen LogP contribution >= 0.6 is 0 Å². The normalized spacial score (nSPS) is 13.0. The first-order valence-corrected chi connectivity index (χ1v) is 28.5. The first-order chi connectivity index (χ1) is 40.1. The molecule has 0 aliphatic heterocycles. The second kappa shape index (κ2) is 28.3. The zero-order chi connectivity index (χ0) is 64.2. The van der Waals surface area contributed by atoms with E-state index in [1.807, 2.05) is 39.8 Å². The third kappa shape index (κ3) is 17.1. The van der Waals surface area contributed by atoms with E-state index in [2.05, 4.69) is 50.3 Å². The standard InChI is InChI=1S/2C25H27FN6O3S.2C2HF3O2/c2*1-15-9-19(13-27-10-15)25-31-30-22(32(25)23-20(26)7-6-8-21(23)35-5)14-36(33,34)18(4)17(3)24-28-11-16(2)12-29-24;2*3-2(4,5)1(6)7/h2*6-13,17-18H,14H2,1-5H3;2*(H,6,7)/t2*17-,18-;;/m00../s1. The molecule has 8 aromatic rings. The Kier molecular flexibility index (Phi) is 22.3. The van der Waals surface area contributed by atoms with E-state index in [4.69, 9.17) is 29.3 Å². The Hall–Kier alpha value is -8.94. The SMILES string of the molecule is COc1cccc(F)c1-n1c(CS(=O)(=O)[C@@H](C)[C@H](C)c2ncc(C)cn2)nnc1-c1cncc(C)c1.COc1cccc(F)c1-n1c(CS(=O)(=O)[C@@H](C)[C@H](C)c2ncc(C)cn2)nnc1-c1cncc(C)c1.O=C(O)C(F)(F)F.O=C(O)C(F)(F)F. The molecule has 0 saturated carbocycles. The van der Waals surface area contributed by atoms with Crippen LogP contribution in [0.2, 0.25) is 0 Å². The fraction of sp³-hybridized carbons (Fsp3) is 0.333.